The molecule has 0 amide bonds. The van der Waals surface area contributed by atoms with E-state index in [1.807, 2.05) is 0 Å². The summed E-state index contributed by atoms with van der Waals surface area (Å²) in [4.78, 5) is 0. The highest BCUT2D eigenvalue weighted by Crippen LogP contribution is 2.16. The van der Waals surface area contributed by atoms with Gasteiger partial charge in [-0.2, -0.15) is 5.10 Å². The fourth-order valence-electron chi connectivity index (χ4n) is 1.02. The van der Waals surface area contributed by atoms with Gasteiger partial charge in [-0.25, -0.2) is 8.42 Å². The average molecular weight is 231 g/mol. The number of nitrogen functional groups attached to an aromatic ring is 1. The largest absolute Gasteiger partial charge is 0.382 e. The molecule has 15 heavy (non-hydrogen) atoms. The van der Waals surface area contributed by atoms with Gasteiger partial charge in [0.2, 0.25) is 0 Å². The summed E-state index contributed by atoms with van der Waals surface area (Å²) < 4.78 is 24.3. The molecule has 0 spiro atoms. The number of rotatable bonds is 3. The van der Waals surface area contributed by atoms with Crippen molar-refractivity contribution in [3.63, 3.8) is 0 Å². The molecule has 2 N–H and O–H groups in total. The van der Waals surface area contributed by atoms with Crippen LogP contribution in [0, 0.1) is 0 Å². The Morgan fingerprint density at radius 3 is 2.47 bits per heavy atom. The molecule has 5 nitrogen and oxygen atoms in total. The summed E-state index contributed by atoms with van der Waals surface area (Å²) in [7, 11) is -3.09. The third-order valence-electron chi connectivity index (χ3n) is 2.18. The second-order valence-corrected chi connectivity index (χ2v) is 7.30. The van der Waals surface area contributed by atoms with Crippen LogP contribution in [-0.4, -0.2) is 28.7 Å². The quantitative estimate of drug-likeness (QED) is 0.829. The van der Waals surface area contributed by atoms with E-state index in [0.717, 1.165) is 0 Å². The van der Waals surface area contributed by atoms with Crippen molar-refractivity contribution in [3.05, 3.63) is 12.3 Å². The molecule has 0 unspecified atom stereocenters. The van der Waals surface area contributed by atoms with Crippen molar-refractivity contribution in [2.75, 3.05) is 11.5 Å². The number of sulfone groups is 1. The van der Waals surface area contributed by atoms with E-state index in [4.69, 9.17) is 5.73 Å². The highest BCUT2D eigenvalue weighted by molar-refractivity contribution is 7.92. The molecule has 0 aliphatic heterocycles. The summed E-state index contributed by atoms with van der Waals surface area (Å²) in [5, 5.41) is 3.93. The fourth-order valence-corrected chi connectivity index (χ4v) is 2.06. The molecule has 0 bridgehead atoms. The molecular formula is C9H17N3O2S. The lowest BCUT2D eigenvalue weighted by molar-refractivity contribution is 0.548. The van der Waals surface area contributed by atoms with Crippen LogP contribution in [0.4, 0.5) is 5.82 Å². The van der Waals surface area contributed by atoms with Crippen LogP contribution in [0.1, 0.15) is 20.8 Å². The Morgan fingerprint density at radius 2 is 2.07 bits per heavy atom. The lowest BCUT2D eigenvalue weighted by atomic mass is 10.3. The summed E-state index contributed by atoms with van der Waals surface area (Å²) in [5.41, 5.74) is 5.42. The normalized spacial score (nSPS) is 13.0. The van der Waals surface area contributed by atoms with Crippen molar-refractivity contribution in [3.8, 4) is 0 Å². The van der Waals surface area contributed by atoms with Crippen molar-refractivity contribution in [2.24, 2.45) is 0 Å². The van der Waals surface area contributed by atoms with Gasteiger partial charge in [-0.1, -0.05) is 0 Å². The first-order valence-corrected chi connectivity index (χ1v) is 6.39. The van der Waals surface area contributed by atoms with Gasteiger partial charge in [-0.05, 0) is 26.8 Å². The van der Waals surface area contributed by atoms with Gasteiger partial charge in [0.05, 0.1) is 17.0 Å². The molecule has 0 aliphatic rings. The van der Waals surface area contributed by atoms with Gasteiger partial charge in [-0.3, -0.25) is 4.68 Å². The number of aryl methyl sites for hydroxylation is 1. The Morgan fingerprint density at radius 1 is 1.47 bits per heavy atom. The van der Waals surface area contributed by atoms with Crippen LogP contribution >= 0.6 is 0 Å². The van der Waals surface area contributed by atoms with E-state index >= 15 is 0 Å². The van der Waals surface area contributed by atoms with E-state index in [9.17, 15) is 8.42 Å². The van der Waals surface area contributed by atoms with Crippen LogP contribution in [0.5, 0.6) is 0 Å². The molecule has 1 aromatic rings. The third-order valence-corrected chi connectivity index (χ3v) is 4.77. The Kier molecular flexibility index (Phi) is 3.08. The summed E-state index contributed by atoms with van der Waals surface area (Å²) in [6, 6.07) is 1.64. The van der Waals surface area contributed by atoms with Crippen molar-refractivity contribution >= 4 is 15.7 Å². The van der Waals surface area contributed by atoms with Crippen LogP contribution in [-0.2, 0) is 16.4 Å². The van der Waals surface area contributed by atoms with Crippen LogP contribution in [0.3, 0.4) is 0 Å². The highest BCUT2D eigenvalue weighted by atomic mass is 32.2. The lowest BCUT2D eigenvalue weighted by Crippen LogP contribution is -2.32. The fraction of sp³-hybridized carbons (Fsp3) is 0.667. The Hall–Kier alpha value is -1.04. The smallest absolute Gasteiger partial charge is 0.157 e. The second-order valence-electron chi connectivity index (χ2n) is 4.43. The molecule has 0 fully saturated rings. The number of nitrogens with zero attached hydrogens (tertiary/aromatic N) is 2. The topological polar surface area (TPSA) is 78.0 Å². The van der Waals surface area contributed by atoms with E-state index in [0.29, 0.717) is 12.4 Å². The van der Waals surface area contributed by atoms with Gasteiger partial charge >= 0.3 is 0 Å². The van der Waals surface area contributed by atoms with Gasteiger partial charge in [-0.15, -0.1) is 0 Å². The Bertz CT molecular complexity index is 428. The minimum Gasteiger partial charge on any atom is -0.382 e. The molecule has 1 rings (SSSR count). The van der Waals surface area contributed by atoms with E-state index in [-0.39, 0.29) is 5.75 Å². The number of hydrogen-bond acceptors (Lipinski definition) is 4. The minimum atomic E-state index is -3.09. The third kappa shape index (κ3) is 2.95. The molecule has 0 saturated carbocycles. The predicted molar refractivity (Wildman–Crippen MR) is 60.2 cm³/mol. The average Bonchev–Trinajstić information content (AvgIpc) is 2.46. The van der Waals surface area contributed by atoms with Crippen molar-refractivity contribution in [1.29, 1.82) is 0 Å². The zero-order chi connectivity index (χ0) is 11.7. The van der Waals surface area contributed by atoms with Crippen LogP contribution < -0.4 is 5.73 Å². The van der Waals surface area contributed by atoms with Crippen LogP contribution in [0.15, 0.2) is 12.3 Å². The van der Waals surface area contributed by atoms with Gasteiger partial charge in [0, 0.05) is 6.20 Å². The highest BCUT2D eigenvalue weighted by Gasteiger charge is 2.28. The van der Waals surface area contributed by atoms with Crippen molar-refractivity contribution in [2.45, 2.75) is 32.1 Å². The first-order valence-electron chi connectivity index (χ1n) is 4.73. The Balaban J connectivity index is 2.66. The summed E-state index contributed by atoms with van der Waals surface area (Å²) in [6.07, 6.45) is 1.67. The molecule has 86 valence electrons. The zero-order valence-corrected chi connectivity index (χ0v) is 10.1. The van der Waals surface area contributed by atoms with E-state index in [1.54, 1.807) is 37.7 Å². The van der Waals surface area contributed by atoms with Crippen LogP contribution in [0.2, 0.25) is 0 Å². The predicted octanol–water partition coefficient (Wildman–Crippen LogP) is 0.679. The molecule has 6 heteroatoms. The number of nitrogens with two attached hydrogens (primary N) is 1. The maximum Gasteiger partial charge on any atom is 0.157 e. The maximum absolute atomic E-state index is 11.8. The van der Waals surface area contributed by atoms with Crippen molar-refractivity contribution < 1.29 is 8.42 Å². The van der Waals surface area contributed by atoms with Gasteiger partial charge < -0.3 is 5.73 Å². The lowest BCUT2D eigenvalue weighted by Gasteiger charge is -2.18. The maximum atomic E-state index is 11.8. The molecule has 0 atom stereocenters. The molecule has 0 aromatic carbocycles. The van der Waals surface area contributed by atoms with Gasteiger partial charge in [0.25, 0.3) is 0 Å². The first kappa shape index (κ1) is 12.0. The molecular weight excluding hydrogens is 214 g/mol. The van der Waals surface area contributed by atoms with E-state index < -0.39 is 14.6 Å². The van der Waals surface area contributed by atoms with E-state index in [2.05, 4.69) is 5.10 Å². The number of hydrogen-bond donors (Lipinski definition) is 1. The van der Waals surface area contributed by atoms with Crippen molar-refractivity contribution in [1.82, 2.24) is 9.78 Å². The monoisotopic (exact) mass is 231 g/mol. The molecule has 1 aromatic heterocycles. The first-order chi connectivity index (χ1) is 6.72. The molecule has 1 heterocycles. The van der Waals surface area contributed by atoms with Gasteiger partial charge in [0.1, 0.15) is 5.82 Å². The zero-order valence-electron chi connectivity index (χ0n) is 9.27. The van der Waals surface area contributed by atoms with Crippen LogP contribution in [0.25, 0.3) is 0 Å². The minimum absolute atomic E-state index is 0.0810. The SMILES string of the molecule is CC(C)(C)S(=O)(=O)CCn1ccc(N)n1. The standard InChI is InChI=1S/C9H17N3O2S/c1-9(2,3)15(13,14)7-6-12-5-4-8(10)11-12/h4-5H,6-7H2,1-3H3,(H2,10,11). The van der Waals surface area contributed by atoms with E-state index in [1.165, 1.54) is 0 Å². The molecule has 0 saturated heterocycles. The Labute approximate surface area is 90.2 Å². The second kappa shape index (κ2) is 3.84. The molecule has 0 radical (unpaired) electrons. The summed E-state index contributed by atoms with van der Waals surface area (Å²) in [6.45, 7) is 5.43. The number of aromatic nitrogens is 2. The molecule has 0 aliphatic carbocycles. The summed E-state index contributed by atoms with van der Waals surface area (Å²) >= 11 is 0. The summed E-state index contributed by atoms with van der Waals surface area (Å²) in [5.74, 6) is 0.487. The number of anilines is 1. The van der Waals surface area contributed by atoms with Gasteiger partial charge in [0.15, 0.2) is 9.84 Å².